The highest BCUT2D eigenvalue weighted by molar-refractivity contribution is 5.82. The van der Waals surface area contributed by atoms with E-state index in [-0.39, 0.29) is 43.2 Å². The lowest BCUT2D eigenvalue weighted by molar-refractivity contribution is -0.145. The first kappa shape index (κ1) is 24.8. The van der Waals surface area contributed by atoms with E-state index >= 15 is 0 Å². The second kappa shape index (κ2) is 10.9. The van der Waals surface area contributed by atoms with E-state index in [4.69, 9.17) is 4.74 Å². The number of carbonyl (C=O) groups is 3. The van der Waals surface area contributed by atoms with Crippen LogP contribution in [-0.2, 0) is 14.3 Å². The minimum atomic E-state index is -1.00. The van der Waals surface area contributed by atoms with Crippen molar-refractivity contribution in [2.75, 3.05) is 26.2 Å². The number of fused-ring (bicyclic) bond motifs is 3. The highest BCUT2D eigenvalue weighted by atomic mass is 16.5. The smallest absolute Gasteiger partial charge is 0.407 e. The molecule has 0 aliphatic heterocycles. The minimum Gasteiger partial charge on any atom is -0.480 e. The van der Waals surface area contributed by atoms with Crippen LogP contribution in [0.25, 0.3) is 11.1 Å². The zero-order valence-electron chi connectivity index (χ0n) is 20.4. The average Bonchev–Trinajstić information content (AvgIpc) is 3.59. The van der Waals surface area contributed by atoms with Gasteiger partial charge < -0.3 is 20.1 Å². The van der Waals surface area contributed by atoms with Crippen molar-refractivity contribution in [3.05, 3.63) is 59.7 Å². The van der Waals surface area contributed by atoms with Crippen molar-refractivity contribution in [1.82, 2.24) is 10.2 Å². The first-order valence-electron chi connectivity index (χ1n) is 12.4. The number of hydrogen-bond acceptors (Lipinski definition) is 4. The lowest BCUT2D eigenvalue weighted by atomic mass is 9.92. The normalized spacial score (nSPS) is 15.3. The van der Waals surface area contributed by atoms with Gasteiger partial charge in [0.1, 0.15) is 13.2 Å². The van der Waals surface area contributed by atoms with Crippen molar-refractivity contribution in [2.24, 2.45) is 17.8 Å². The summed E-state index contributed by atoms with van der Waals surface area (Å²) in [5, 5.41) is 12.0. The van der Waals surface area contributed by atoms with Crippen LogP contribution in [0.2, 0.25) is 0 Å². The van der Waals surface area contributed by atoms with Gasteiger partial charge in [-0.3, -0.25) is 9.59 Å². The maximum atomic E-state index is 12.9. The number of carboxylic acids is 1. The quantitative estimate of drug-likeness (QED) is 0.495. The van der Waals surface area contributed by atoms with Gasteiger partial charge in [0.25, 0.3) is 0 Å². The topological polar surface area (TPSA) is 95.9 Å². The van der Waals surface area contributed by atoms with Crippen LogP contribution in [-0.4, -0.2) is 54.2 Å². The van der Waals surface area contributed by atoms with E-state index in [0.29, 0.717) is 19.0 Å². The molecule has 0 heterocycles. The van der Waals surface area contributed by atoms with Crippen LogP contribution in [0, 0.1) is 17.8 Å². The first-order valence-corrected chi connectivity index (χ1v) is 12.4. The molecule has 1 unspecified atom stereocenters. The molecule has 7 heteroatoms. The molecule has 35 heavy (non-hydrogen) atoms. The molecule has 7 nitrogen and oxygen atoms in total. The third-order valence-corrected chi connectivity index (χ3v) is 7.09. The third kappa shape index (κ3) is 6.21. The summed E-state index contributed by atoms with van der Waals surface area (Å²) in [7, 11) is 0. The molecule has 2 N–H and O–H groups in total. The SMILES string of the molecule is CC(C)C(CNC(=O)OCC1c2ccccc2-c2ccccc21)CC(=O)N(CC(=O)O)CC1CC1. The minimum absolute atomic E-state index is 0.0115. The molecule has 1 saturated carbocycles. The number of hydrogen-bond donors (Lipinski definition) is 2. The van der Waals surface area contributed by atoms with Gasteiger partial charge in [-0.25, -0.2) is 4.79 Å². The van der Waals surface area contributed by atoms with Crippen molar-refractivity contribution < 1.29 is 24.2 Å². The van der Waals surface area contributed by atoms with Crippen molar-refractivity contribution >= 4 is 18.0 Å². The Labute approximate surface area is 206 Å². The molecule has 186 valence electrons. The Hall–Kier alpha value is -3.35. The van der Waals surface area contributed by atoms with Gasteiger partial charge in [0.15, 0.2) is 0 Å². The monoisotopic (exact) mass is 478 g/mol. The summed E-state index contributed by atoms with van der Waals surface area (Å²) in [6.45, 7) is 4.75. The molecule has 4 rings (SSSR count). The van der Waals surface area contributed by atoms with E-state index in [9.17, 15) is 19.5 Å². The van der Waals surface area contributed by atoms with Gasteiger partial charge >= 0.3 is 12.1 Å². The van der Waals surface area contributed by atoms with Crippen LogP contribution < -0.4 is 5.32 Å². The maximum Gasteiger partial charge on any atom is 0.407 e. The zero-order chi connectivity index (χ0) is 24.9. The molecule has 2 aromatic carbocycles. The highest BCUT2D eigenvalue weighted by Crippen LogP contribution is 2.44. The first-order chi connectivity index (χ1) is 16.8. The number of carboxylic acid groups (broad SMARTS) is 1. The second-order valence-electron chi connectivity index (χ2n) is 10.0. The lowest BCUT2D eigenvalue weighted by Crippen LogP contribution is -2.40. The Kier molecular flexibility index (Phi) is 7.73. The van der Waals surface area contributed by atoms with E-state index in [2.05, 4.69) is 29.6 Å². The summed E-state index contributed by atoms with van der Waals surface area (Å²) in [6.07, 6.45) is 1.77. The molecule has 2 aliphatic carbocycles. The summed E-state index contributed by atoms with van der Waals surface area (Å²) in [4.78, 5) is 38.1. The summed E-state index contributed by atoms with van der Waals surface area (Å²) < 4.78 is 5.61. The van der Waals surface area contributed by atoms with E-state index in [1.165, 1.54) is 16.0 Å². The van der Waals surface area contributed by atoms with Gasteiger partial charge in [-0.2, -0.15) is 0 Å². The van der Waals surface area contributed by atoms with E-state index in [1.54, 1.807) is 0 Å². The van der Waals surface area contributed by atoms with E-state index in [1.807, 2.05) is 38.1 Å². The molecular weight excluding hydrogens is 444 g/mol. The molecule has 0 aromatic heterocycles. The Morgan fingerprint density at radius 2 is 1.63 bits per heavy atom. The van der Waals surface area contributed by atoms with Crippen molar-refractivity contribution in [2.45, 2.75) is 39.0 Å². The van der Waals surface area contributed by atoms with Crippen LogP contribution in [0.15, 0.2) is 48.5 Å². The number of carbonyl (C=O) groups excluding carboxylic acids is 2. The molecule has 2 aromatic rings. The molecule has 1 atom stereocenters. The number of benzene rings is 2. The fourth-order valence-electron chi connectivity index (χ4n) is 4.79. The van der Waals surface area contributed by atoms with Crippen LogP contribution in [0.3, 0.4) is 0 Å². The predicted octanol–water partition coefficient (Wildman–Crippen LogP) is 4.51. The molecule has 0 bridgehead atoms. The molecule has 0 saturated heterocycles. The summed E-state index contributed by atoms with van der Waals surface area (Å²) >= 11 is 0. The van der Waals surface area contributed by atoms with Gasteiger partial charge in [-0.05, 0) is 52.8 Å². The average molecular weight is 479 g/mol. The zero-order valence-corrected chi connectivity index (χ0v) is 20.4. The Morgan fingerprint density at radius 1 is 1.03 bits per heavy atom. The number of ether oxygens (including phenoxy) is 1. The Bertz CT molecular complexity index is 1030. The molecular formula is C28H34N2O5. The van der Waals surface area contributed by atoms with Gasteiger partial charge in [-0.1, -0.05) is 62.4 Å². The van der Waals surface area contributed by atoms with Gasteiger partial charge in [0, 0.05) is 25.4 Å². The fraction of sp³-hybridized carbons (Fsp3) is 0.464. The Morgan fingerprint density at radius 3 is 2.17 bits per heavy atom. The maximum absolute atomic E-state index is 12.9. The van der Waals surface area contributed by atoms with Crippen LogP contribution >= 0.6 is 0 Å². The van der Waals surface area contributed by atoms with E-state index < -0.39 is 12.1 Å². The van der Waals surface area contributed by atoms with Crippen LogP contribution in [0.4, 0.5) is 4.79 Å². The highest BCUT2D eigenvalue weighted by Gasteiger charge is 2.31. The number of nitrogens with zero attached hydrogens (tertiary/aromatic N) is 1. The predicted molar refractivity (Wildman–Crippen MR) is 133 cm³/mol. The van der Waals surface area contributed by atoms with Crippen molar-refractivity contribution in [3.63, 3.8) is 0 Å². The van der Waals surface area contributed by atoms with Crippen molar-refractivity contribution in [3.8, 4) is 11.1 Å². The molecule has 2 aliphatic rings. The number of rotatable bonds is 11. The van der Waals surface area contributed by atoms with E-state index in [0.717, 1.165) is 24.0 Å². The molecule has 0 spiro atoms. The fourth-order valence-corrected chi connectivity index (χ4v) is 4.79. The summed E-state index contributed by atoms with van der Waals surface area (Å²) in [6, 6.07) is 16.4. The van der Waals surface area contributed by atoms with Gasteiger partial charge in [0.2, 0.25) is 5.91 Å². The standard InChI is InChI=1S/C28H34N2O5/c1-18(2)20(13-26(31)30(16-27(32)33)15-19-11-12-19)14-29-28(34)35-17-25-23-9-5-3-7-21(23)22-8-4-6-10-24(22)25/h3-10,18-20,25H,11-17H2,1-2H3,(H,29,34)(H,32,33). The van der Waals surface area contributed by atoms with Gasteiger partial charge in [-0.15, -0.1) is 0 Å². The Balaban J connectivity index is 1.31. The van der Waals surface area contributed by atoms with Crippen molar-refractivity contribution in [1.29, 1.82) is 0 Å². The number of alkyl carbamates (subject to hydrolysis) is 1. The number of aliphatic carboxylic acids is 1. The molecule has 0 radical (unpaired) electrons. The van der Waals surface area contributed by atoms with Crippen LogP contribution in [0.1, 0.15) is 50.2 Å². The summed E-state index contributed by atoms with van der Waals surface area (Å²) in [5.74, 6) is -0.750. The largest absolute Gasteiger partial charge is 0.480 e. The van der Waals surface area contributed by atoms with Gasteiger partial charge in [0.05, 0.1) is 0 Å². The molecule has 1 fully saturated rings. The third-order valence-electron chi connectivity index (χ3n) is 7.09. The lowest BCUT2D eigenvalue weighted by Gasteiger charge is -2.26. The second-order valence-corrected chi connectivity index (χ2v) is 10.0. The molecule has 2 amide bonds. The van der Waals surface area contributed by atoms with Crippen LogP contribution in [0.5, 0.6) is 0 Å². The number of nitrogens with one attached hydrogen (secondary N) is 1. The number of amides is 2. The summed E-state index contributed by atoms with van der Waals surface area (Å²) in [5.41, 5.74) is 4.66.